The van der Waals surface area contributed by atoms with Crippen molar-refractivity contribution in [2.45, 2.75) is 59.3 Å². The highest BCUT2D eigenvalue weighted by Gasteiger charge is 2.24. The van der Waals surface area contributed by atoms with Crippen LogP contribution < -0.4 is 5.01 Å². The number of non-ortho nitro benzene ring substituents is 1. The molecule has 29 heavy (non-hydrogen) atoms. The molecule has 0 atom stereocenters. The van der Waals surface area contributed by atoms with Crippen LogP contribution in [0.2, 0.25) is 0 Å². The largest absolute Gasteiger partial charge is 0.466 e. The highest BCUT2D eigenvalue weighted by Crippen LogP contribution is 2.24. The van der Waals surface area contributed by atoms with Crippen LogP contribution in [0.4, 0.5) is 11.4 Å². The average Bonchev–Trinajstić information content (AvgIpc) is 3.03. The number of esters is 1. The summed E-state index contributed by atoms with van der Waals surface area (Å²) >= 11 is 0. The van der Waals surface area contributed by atoms with Crippen LogP contribution in [0.15, 0.2) is 29.4 Å². The van der Waals surface area contributed by atoms with Gasteiger partial charge in [0.05, 0.1) is 23.6 Å². The number of nitro benzene ring substituents is 1. The van der Waals surface area contributed by atoms with Crippen molar-refractivity contribution in [1.82, 2.24) is 0 Å². The van der Waals surface area contributed by atoms with Gasteiger partial charge in [0, 0.05) is 24.3 Å². The van der Waals surface area contributed by atoms with Crippen LogP contribution in [0.1, 0.15) is 59.3 Å². The van der Waals surface area contributed by atoms with Gasteiger partial charge < -0.3 is 4.74 Å². The molecular weight excluding hydrogens is 378 g/mol. The molecule has 1 aromatic carbocycles. The second-order valence-corrected chi connectivity index (χ2v) is 6.34. The lowest BCUT2D eigenvalue weighted by molar-refractivity contribution is -0.384. The van der Waals surface area contributed by atoms with Crippen molar-refractivity contribution in [3.8, 4) is 0 Å². The third kappa shape index (κ3) is 8.20. The van der Waals surface area contributed by atoms with Crippen molar-refractivity contribution in [2.24, 2.45) is 5.10 Å². The third-order valence-electron chi connectivity index (χ3n) is 3.85. The molecule has 1 aliphatic rings. The Labute approximate surface area is 169 Å². The van der Waals surface area contributed by atoms with Gasteiger partial charge in [-0.25, -0.2) is 5.01 Å². The Kier molecular flexibility index (Phi) is 10.2. The number of ether oxygens (including phenoxy) is 1. The van der Waals surface area contributed by atoms with E-state index in [4.69, 9.17) is 0 Å². The van der Waals surface area contributed by atoms with Crippen molar-refractivity contribution in [2.75, 3.05) is 11.6 Å². The second kappa shape index (κ2) is 12.4. The molecule has 0 spiro atoms. The first-order valence-electron chi connectivity index (χ1n) is 9.63. The van der Waals surface area contributed by atoms with Crippen LogP contribution in [-0.4, -0.2) is 34.9 Å². The maximum Gasteiger partial charge on any atom is 0.313 e. The Morgan fingerprint density at radius 2 is 1.83 bits per heavy atom. The molecular formula is C20H27N3O6. The van der Waals surface area contributed by atoms with E-state index in [2.05, 4.69) is 9.84 Å². The van der Waals surface area contributed by atoms with Gasteiger partial charge in [-0.1, -0.05) is 20.3 Å². The topological polar surface area (TPSA) is 119 Å². The normalized spacial score (nSPS) is 12.7. The molecule has 9 heteroatoms. The zero-order chi connectivity index (χ0) is 21.8. The maximum absolute atomic E-state index is 11.8. The lowest BCUT2D eigenvalue weighted by Gasteiger charge is -2.10. The predicted molar refractivity (Wildman–Crippen MR) is 109 cm³/mol. The quantitative estimate of drug-likeness (QED) is 0.267. The number of Topliss-reactive ketones (excluding diaryl/α,β-unsaturated/α-hetero) is 1. The van der Waals surface area contributed by atoms with Gasteiger partial charge in [-0.2, -0.15) is 5.10 Å². The van der Waals surface area contributed by atoms with Gasteiger partial charge in [-0.05, 0) is 31.9 Å². The zero-order valence-corrected chi connectivity index (χ0v) is 17.1. The minimum Gasteiger partial charge on any atom is -0.466 e. The van der Waals surface area contributed by atoms with E-state index in [-0.39, 0.29) is 23.8 Å². The number of hydrogen-bond acceptors (Lipinski definition) is 7. The first-order valence-corrected chi connectivity index (χ1v) is 9.63. The summed E-state index contributed by atoms with van der Waals surface area (Å²) in [5.74, 6) is -0.538. The monoisotopic (exact) mass is 405 g/mol. The van der Waals surface area contributed by atoms with Gasteiger partial charge >= 0.3 is 5.97 Å². The molecule has 0 bridgehead atoms. The first-order chi connectivity index (χ1) is 13.8. The lowest BCUT2D eigenvalue weighted by Crippen LogP contribution is -2.19. The minimum absolute atomic E-state index is 0.00292. The first kappa shape index (κ1) is 23.9. The van der Waals surface area contributed by atoms with E-state index >= 15 is 0 Å². The second-order valence-electron chi connectivity index (χ2n) is 6.34. The molecule has 1 aromatic rings. The van der Waals surface area contributed by atoms with Gasteiger partial charge in [0.25, 0.3) is 11.6 Å². The van der Waals surface area contributed by atoms with E-state index in [0.29, 0.717) is 25.1 Å². The van der Waals surface area contributed by atoms with Crippen molar-refractivity contribution in [3.05, 3.63) is 34.4 Å². The summed E-state index contributed by atoms with van der Waals surface area (Å²) in [4.78, 5) is 43.3. The summed E-state index contributed by atoms with van der Waals surface area (Å²) in [6, 6.07) is 5.81. The van der Waals surface area contributed by atoms with E-state index < -0.39 is 10.9 Å². The van der Waals surface area contributed by atoms with E-state index in [9.17, 15) is 24.5 Å². The fourth-order valence-corrected chi connectivity index (χ4v) is 2.57. The number of amides is 1. The molecule has 0 fully saturated rings. The highest BCUT2D eigenvalue weighted by atomic mass is 16.6. The summed E-state index contributed by atoms with van der Waals surface area (Å²) in [5.41, 5.74) is 1.43. The van der Waals surface area contributed by atoms with E-state index in [1.807, 2.05) is 13.8 Å². The summed E-state index contributed by atoms with van der Waals surface area (Å²) in [7, 11) is 0. The van der Waals surface area contributed by atoms with E-state index in [1.165, 1.54) is 29.3 Å². The minimum atomic E-state index is -0.471. The molecule has 9 nitrogen and oxygen atoms in total. The molecule has 0 aromatic heterocycles. The van der Waals surface area contributed by atoms with Crippen molar-refractivity contribution in [1.29, 1.82) is 0 Å². The number of nitro groups is 1. The van der Waals surface area contributed by atoms with Crippen LogP contribution in [-0.2, 0) is 19.1 Å². The van der Waals surface area contributed by atoms with Crippen LogP contribution in [0.3, 0.4) is 0 Å². The number of rotatable bonds is 9. The lowest BCUT2D eigenvalue weighted by atomic mass is 10.2. The Bertz CT molecular complexity index is 742. The van der Waals surface area contributed by atoms with Gasteiger partial charge in [-0.15, -0.1) is 0 Å². The molecule has 1 amide bonds. The van der Waals surface area contributed by atoms with Crippen LogP contribution in [0.5, 0.6) is 0 Å². The Morgan fingerprint density at radius 3 is 2.34 bits per heavy atom. The molecule has 158 valence electrons. The number of carbonyl (C=O) groups excluding carboxylic acids is 3. The van der Waals surface area contributed by atoms with Gasteiger partial charge in [0.2, 0.25) is 0 Å². The molecule has 2 rings (SSSR count). The van der Waals surface area contributed by atoms with Crippen molar-refractivity contribution in [3.63, 3.8) is 0 Å². The molecule has 0 radical (unpaired) electrons. The molecule has 0 unspecified atom stereocenters. The Balaban J connectivity index is 0.000000331. The Morgan fingerprint density at radius 1 is 1.17 bits per heavy atom. The zero-order valence-electron chi connectivity index (χ0n) is 17.1. The summed E-state index contributed by atoms with van der Waals surface area (Å²) in [6.07, 6.45) is 3.28. The Hall–Kier alpha value is -3.10. The standard InChI is InChI=1S/C12H13N3O3.C8H14O3/c1-2-3-9-8-12(16)14(13-9)10-4-6-11(7-5-10)15(17)18;1-3-5-7(9)6-8(10)11-4-2/h4-7H,2-3,8H2,1H3;3-6H2,1-2H3. The van der Waals surface area contributed by atoms with Crippen LogP contribution in [0.25, 0.3) is 0 Å². The number of hydrazone groups is 1. The molecule has 1 heterocycles. The highest BCUT2D eigenvalue weighted by molar-refractivity contribution is 6.12. The van der Waals surface area contributed by atoms with Crippen LogP contribution >= 0.6 is 0 Å². The number of ketones is 1. The maximum atomic E-state index is 11.8. The van der Waals surface area contributed by atoms with Gasteiger partial charge in [0.1, 0.15) is 12.2 Å². The molecule has 0 saturated heterocycles. The van der Waals surface area contributed by atoms with Crippen molar-refractivity contribution < 1.29 is 24.0 Å². The fraction of sp³-hybridized carbons (Fsp3) is 0.500. The molecule has 0 saturated carbocycles. The number of hydrogen-bond donors (Lipinski definition) is 0. The molecule has 0 N–H and O–H groups in total. The summed E-state index contributed by atoms with van der Waals surface area (Å²) in [5, 5.41) is 16.1. The number of anilines is 1. The predicted octanol–water partition coefficient (Wildman–Crippen LogP) is 3.80. The van der Waals surface area contributed by atoms with E-state index in [1.54, 1.807) is 6.92 Å². The van der Waals surface area contributed by atoms with Gasteiger partial charge in [-0.3, -0.25) is 24.5 Å². The molecule has 0 aliphatic carbocycles. The molecule has 1 aliphatic heterocycles. The third-order valence-corrected chi connectivity index (χ3v) is 3.85. The van der Waals surface area contributed by atoms with Gasteiger partial charge in [0.15, 0.2) is 0 Å². The SMILES string of the molecule is CCCC(=O)CC(=O)OCC.CCCC1=NN(c2ccc([N+](=O)[O-])cc2)C(=O)C1. The summed E-state index contributed by atoms with van der Waals surface area (Å²) < 4.78 is 4.60. The smallest absolute Gasteiger partial charge is 0.313 e. The van der Waals surface area contributed by atoms with Crippen molar-refractivity contribution >= 4 is 34.7 Å². The number of carbonyl (C=O) groups is 3. The van der Waals surface area contributed by atoms with Crippen LogP contribution in [0, 0.1) is 10.1 Å². The summed E-state index contributed by atoms with van der Waals surface area (Å²) in [6.45, 7) is 6.00. The number of nitrogens with zero attached hydrogens (tertiary/aromatic N) is 3. The number of benzene rings is 1. The van der Waals surface area contributed by atoms with E-state index in [0.717, 1.165) is 25.0 Å². The average molecular weight is 405 g/mol. The fourth-order valence-electron chi connectivity index (χ4n) is 2.57.